The van der Waals surface area contributed by atoms with Crippen LogP contribution in [0.5, 0.6) is 0 Å². The van der Waals surface area contributed by atoms with Gasteiger partial charge in [0.25, 0.3) is 5.91 Å². The number of carbonyl (C=O) groups is 1. The standard InChI is InChI=1S/C14H12BrNO2S/c1-19(18,13-9-5-8-12(15)10-13)16-14(17)11-6-3-2-4-7-11/h2-10H,1H3. The Balaban J connectivity index is 2.42. The summed E-state index contributed by atoms with van der Waals surface area (Å²) in [7, 11) is -2.73. The van der Waals surface area contributed by atoms with E-state index in [4.69, 9.17) is 0 Å². The second-order valence-electron chi connectivity index (χ2n) is 4.02. The average molecular weight is 338 g/mol. The molecule has 0 saturated heterocycles. The smallest absolute Gasteiger partial charge is 0.266 e. The third kappa shape index (κ3) is 3.52. The van der Waals surface area contributed by atoms with E-state index in [9.17, 15) is 9.00 Å². The van der Waals surface area contributed by atoms with Crippen LogP contribution in [0.4, 0.5) is 0 Å². The van der Waals surface area contributed by atoms with Gasteiger partial charge in [0, 0.05) is 21.2 Å². The number of nitrogens with zero attached hydrogens (tertiary/aromatic N) is 1. The fourth-order valence-corrected chi connectivity index (χ4v) is 3.30. The van der Waals surface area contributed by atoms with Crippen molar-refractivity contribution >= 4 is 31.6 Å². The van der Waals surface area contributed by atoms with Gasteiger partial charge in [-0.15, -0.1) is 0 Å². The Hall–Kier alpha value is -1.46. The first-order valence-electron chi connectivity index (χ1n) is 5.56. The molecule has 0 aromatic heterocycles. The molecule has 2 rings (SSSR count). The molecular weight excluding hydrogens is 326 g/mol. The van der Waals surface area contributed by atoms with Crippen molar-refractivity contribution in [2.24, 2.45) is 4.36 Å². The first-order valence-corrected chi connectivity index (χ1v) is 8.28. The zero-order valence-electron chi connectivity index (χ0n) is 10.2. The van der Waals surface area contributed by atoms with Gasteiger partial charge in [-0.05, 0) is 30.3 Å². The fourth-order valence-electron chi connectivity index (χ4n) is 1.55. The molecule has 19 heavy (non-hydrogen) atoms. The first-order chi connectivity index (χ1) is 8.99. The van der Waals surface area contributed by atoms with Crippen molar-refractivity contribution in [3.8, 4) is 0 Å². The van der Waals surface area contributed by atoms with Crippen LogP contribution in [0.1, 0.15) is 10.4 Å². The first kappa shape index (κ1) is 14.0. The lowest BCUT2D eigenvalue weighted by Crippen LogP contribution is -2.03. The summed E-state index contributed by atoms with van der Waals surface area (Å²) in [6, 6.07) is 15.6. The summed E-state index contributed by atoms with van der Waals surface area (Å²) in [5, 5.41) is 0. The predicted molar refractivity (Wildman–Crippen MR) is 79.7 cm³/mol. The Morgan fingerprint density at radius 2 is 1.79 bits per heavy atom. The molecule has 0 radical (unpaired) electrons. The number of halogens is 1. The maximum Gasteiger partial charge on any atom is 0.285 e. The molecule has 98 valence electrons. The molecular formula is C14H12BrNO2S. The number of hydrogen-bond acceptors (Lipinski definition) is 2. The lowest BCUT2D eigenvalue weighted by Gasteiger charge is -2.04. The highest BCUT2D eigenvalue weighted by atomic mass is 79.9. The lowest BCUT2D eigenvalue weighted by molar-refractivity contribution is 0.100. The van der Waals surface area contributed by atoms with Crippen molar-refractivity contribution in [2.75, 3.05) is 6.26 Å². The summed E-state index contributed by atoms with van der Waals surface area (Å²) in [6.45, 7) is 0. The second-order valence-corrected chi connectivity index (χ2v) is 7.20. The van der Waals surface area contributed by atoms with Gasteiger partial charge in [0.1, 0.15) is 0 Å². The van der Waals surface area contributed by atoms with Gasteiger partial charge < -0.3 is 0 Å². The van der Waals surface area contributed by atoms with Crippen LogP contribution >= 0.6 is 15.9 Å². The predicted octanol–water partition coefficient (Wildman–Crippen LogP) is 3.75. The van der Waals surface area contributed by atoms with Crippen molar-refractivity contribution in [3.63, 3.8) is 0 Å². The van der Waals surface area contributed by atoms with E-state index >= 15 is 0 Å². The van der Waals surface area contributed by atoms with Crippen LogP contribution in [0, 0.1) is 0 Å². The quantitative estimate of drug-likeness (QED) is 0.837. The maximum absolute atomic E-state index is 12.5. The van der Waals surface area contributed by atoms with Crippen molar-refractivity contribution in [1.29, 1.82) is 0 Å². The average Bonchev–Trinajstić information content (AvgIpc) is 2.39. The summed E-state index contributed by atoms with van der Waals surface area (Å²) >= 11 is 3.31. The molecule has 2 aromatic rings. The minimum absolute atomic E-state index is 0.437. The van der Waals surface area contributed by atoms with Gasteiger partial charge in [-0.2, -0.15) is 4.36 Å². The minimum atomic E-state index is -2.73. The van der Waals surface area contributed by atoms with Gasteiger partial charge in [0.15, 0.2) is 0 Å². The molecule has 0 bridgehead atoms. The van der Waals surface area contributed by atoms with E-state index in [1.165, 1.54) is 6.26 Å². The summed E-state index contributed by atoms with van der Waals surface area (Å²) in [5.74, 6) is -0.465. The van der Waals surface area contributed by atoms with Crippen LogP contribution in [0.3, 0.4) is 0 Å². The van der Waals surface area contributed by atoms with E-state index in [2.05, 4.69) is 20.3 Å². The van der Waals surface area contributed by atoms with Gasteiger partial charge in [0.05, 0.1) is 9.73 Å². The van der Waals surface area contributed by atoms with E-state index < -0.39 is 15.6 Å². The van der Waals surface area contributed by atoms with Crippen LogP contribution < -0.4 is 0 Å². The number of carbonyl (C=O) groups excluding carboxylic acids is 1. The summed E-state index contributed by atoms with van der Waals surface area (Å²) in [5.41, 5.74) is 0.437. The maximum atomic E-state index is 12.5. The molecule has 1 atom stereocenters. The zero-order valence-corrected chi connectivity index (χ0v) is 12.6. The van der Waals surface area contributed by atoms with Gasteiger partial charge >= 0.3 is 0 Å². The third-order valence-electron chi connectivity index (χ3n) is 2.51. The highest BCUT2D eigenvalue weighted by molar-refractivity contribution is 9.10. The molecule has 5 heteroatoms. The summed E-state index contributed by atoms with van der Waals surface area (Å²) < 4.78 is 17.2. The van der Waals surface area contributed by atoms with E-state index in [0.717, 1.165) is 4.47 Å². The van der Waals surface area contributed by atoms with E-state index in [-0.39, 0.29) is 0 Å². The molecule has 0 aliphatic carbocycles. The van der Waals surface area contributed by atoms with E-state index in [1.807, 2.05) is 12.1 Å². The zero-order chi connectivity index (χ0) is 13.9. The van der Waals surface area contributed by atoms with Crippen LogP contribution in [-0.2, 0) is 9.73 Å². The Morgan fingerprint density at radius 3 is 2.42 bits per heavy atom. The molecule has 2 aromatic carbocycles. The minimum Gasteiger partial charge on any atom is -0.266 e. The SMILES string of the molecule is CS(=O)(=NC(=O)c1ccccc1)c1cccc(Br)c1. The molecule has 0 heterocycles. The third-order valence-corrected chi connectivity index (χ3v) is 4.65. The fraction of sp³-hybridized carbons (Fsp3) is 0.0714. The van der Waals surface area contributed by atoms with E-state index in [1.54, 1.807) is 42.5 Å². The van der Waals surface area contributed by atoms with Crippen LogP contribution in [0.2, 0.25) is 0 Å². The van der Waals surface area contributed by atoms with Crippen molar-refractivity contribution in [1.82, 2.24) is 0 Å². The van der Waals surface area contributed by atoms with Gasteiger partial charge in [-0.25, -0.2) is 4.21 Å². The van der Waals surface area contributed by atoms with Crippen LogP contribution in [0.25, 0.3) is 0 Å². The topological polar surface area (TPSA) is 46.5 Å². The highest BCUT2D eigenvalue weighted by Crippen LogP contribution is 2.18. The largest absolute Gasteiger partial charge is 0.285 e. The van der Waals surface area contributed by atoms with Crippen LogP contribution in [-0.4, -0.2) is 16.4 Å². The Labute approximate surface area is 121 Å². The van der Waals surface area contributed by atoms with E-state index in [0.29, 0.717) is 10.5 Å². The number of amides is 1. The van der Waals surface area contributed by atoms with Gasteiger partial charge in [0.2, 0.25) is 0 Å². The Bertz CT molecular complexity index is 719. The number of hydrogen-bond donors (Lipinski definition) is 0. The highest BCUT2D eigenvalue weighted by Gasteiger charge is 2.11. The number of benzene rings is 2. The summed E-state index contributed by atoms with van der Waals surface area (Å²) in [4.78, 5) is 12.5. The summed E-state index contributed by atoms with van der Waals surface area (Å²) in [6.07, 6.45) is 1.47. The molecule has 1 unspecified atom stereocenters. The van der Waals surface area contributed by atoms with Crippen molar-refractivity contribution < 1.29 is 9.00 Å². The lowest BCUT2D eigenvalue weighted by atomic mass is 10.2. The molecule has 3 nitrogen and oxygen atoms in total. The second kappa shape index (κ2) is 5.67. The van der Waals surface area contributed by atoms with Crippen LogP contribution in [0.15, 0.2) is 68.3 Å². The monoisotopic (exact) mass is 337 g/mol. The molecule has 0 fully saturated rings. The normalized spacial score (nSPS) is 13.6. The molecule has 1 amide bonds. The van der Waals surface area contributed by atoms with Gasteiger partial charge in [-0.3, -0.25) is 4.79 Å². The molecule has 0 aliphatic rings. The van der Waals surface area contributed by atoms with Crippen molar-refractivity contribution in [2.45, 2.75) is 4.90 Å². The molecule has 0 N–H and O–H groups in total. The van der Waals surface area contributed by atoms with Gasteiger partial charge in [-0.1, -0.05) is 40.2 Å². The molecule has 0 saturated carbocycles. The number of rotatable bonds is 2. The Morgan fingerprint density at radius 1 is 1.11 bits per heavy atom. The molecule has 0 aliphatic heterocycles. The van der Waals surface area contributed by atoms with Crippen molar-refractivity contribution in [3.05, 3.63) is 64.6 Å². The Kier molecular flexibility index (Phi) is 4.17. The molecule has 0 spiro atoms.